The minimum absolute atomic E-state index is 0.296. The van der Waals surface area contributed by atoms with Gasteiger partial charge in [0.15, 0.2) is 0 Å². The fourth-order valence-electron chi connectivity index (χ4n) is 1.85. The number of rotatable bonds is 4. The van der Waals surface area contributed by atoms with E-state index in [0.717, 1.165) is 5.56 Å². The zero-order chi connectivity index (χ0) is 16.7. The van der Waals surface area contributed by atoms with Gasteiger partial charge in [-0.3, -0.25) is 9.59 Å². The first-order chi connectivity index (χ1) is 11.1. The Morgan fingerprint density at radius 1 is 1.04 bits per heavy atom. The van der Waals surface area contributed by atoms with Crippen molar-refractivity contribution in [2.45, 2.75) is 13.0 Å². The van der Waals surface area contributed by atoms with E-state index < -0.39 is 11.8 Å². The summed E-state index contributed by atoms with van der Waals surface area (Å²) in [5.41, 5.74) is 3.62. The normalized spacial score (nSPS) is 11.9. The summed E-state index contributed by atoms with van der Waals surface area (Å²) in [6, 6.07) is 14.5. The second-order valence-electron chi connectivity index (χ2n) is 4.86. The summed E-state index contributed by atoms with van der Waals surface area (Å²) in [7, 11) is 0. The third-order valence-corrected chi connectivity index (χ3v) is 3.10. The molecule has 0 bridgehead atoms. The highest BCUT2D eigenvalue weighted by atomic mass is 19.1. The molecule has 0 aliphatic rings. The number of carbonyl (C=O) groups excluding carboxylic acids is 2. The lowest BCUT2D eigenvalue weighted by molar-refractivity contribution is -0.139. The van der Waals surface area contributed by atoms with E-state index in [1.807, 2.05) is 30.3 Å². The summed E-state index contributed by atoms with van der Waals surface area (Å²) in [5, 5.41) is 6.24. The Morgan fingerprint density at radius 2 is 1.70 bits per heavy atom. The van der Waals surface area contributed by atoms with Gasteiger partial charge in [-0.1, -0.05) is 42.5 Å². The van der Waals surface area contributed by atoms with E-state index in [0.29, 0.717) is 5.56 Å². The minimum Gasteiger partial charge on any atom is -0.341 e. The molecule has 0 aliphatic heterocycles. The molecule has 2 N–H and O–H groups in total. The van der Waals surface area contributed by atoms with E-state index in [4.69, 9.17) is 0 Å². The fourth-order valence-corrected chi connectivity index (χ4v) is 1.85. The van der Waals surface area contributed by atoms with E-state index in [1.165, 1.54) is 30.5 Å². The van der Waals surface area contributed by atoms with Crippen molar-refractivity contribution in [3.63, 3.8) is 0 Å². The van der Waals surface area contributed by atoms with E-state index in [9.17, 15) is 14.0 Å². The van der Waals surface area contributed by atoms with Crippen LogP contribution in [0.3, 0.4) is 0 Å². The number of nitrogens with zero attached hydrogens (tertiary/aromatic N) is 1. The Labute approximate surface area is 133 Å². The maximum Gasteiger partial charge on any atom is 0.329 e. The number of hydrazone groups is 1. The SMILES string of the molecule is C[C@H](NC(=O)C(=O)N/N=C\c1ccc(F)cc1)c1ccccc1. The lowest BCUT2D eigenvalue weighted by atomic mass is 10.1. The van der Waals surface area contributed by atoms with Crippen molar-refractivity contribution in [1.82, 2.24) is 10.7 Å². The monoisotopic (exact) mass is 313 g/mol. The number of benzene rings is 2. The molecule has 0 saturated carbocycles. The second-order valence-corrected chi connectivity index (χ2v) is 4.86. The molecule has 0 spiro atoms. The van der Waals surface area contributed by atoms with Gasteiger partial charge in [0.25, 0.3) is 0 Å². The third-order valence-electron chi connectivity index (χ3n) is 3.10. The topological polar surface area (TPSA) is 70.6 Å². The molecular formula is C17H16FN3O2. The van der Waals surface area contributed by atoms with Crippen LogP contribution in [0.25, 0.3) is 0 Å². The molecular weight excluding hydrogens is 297 g/mol. The Balaban J connectivity index is 1.85. The van der Waals surface area contributed by atoms with Gasteiger partial charge < -0.3 is 5.32 Å². The number of hydrogen-bond acceptors (Lipinski definition) is 3. The molecule has 2 aromatic rings. The Morgan fingerprint density at radius 3 is 2.35 bits per heavy atom. The van der Waals surface area contributed by atoms with Crippen LogP contribution in [0.1, 0.15) is 24.1 Å². The largest absolute Gasteiger partial charge is 0.341 e. The number of amides is 2. The summed E-state index contributed by atoms with van der Waals surface area (Å²) >= 11 is 0. The van der Waals surface area contributed by atoms with Gasteiger partial charge in [0.05, 0.1) is 12.3 Å². The standard InChI is InChI=1S/C17H16FN3O2/c1-12(14-5-3-2-4-6-14)20-16(22)17(23)21-19-11-13-7-9-15(18)10-8-13/h2-12H,1H3,(H,20,22)(H,21,23)/b19-11-/t12-/m0/s1. The van der Waals surface area contributed by atoms with Crippen LogP contribution in [0.15, 0.2) is 59.7 Å². The smallest absolute Gasteiger partial charge is 0.329 e. The van der Waals surface area contributed by atoms with Gasteiger partial charge in [-0.25, -0.2) is 9.82 Å². The molecule has 0 aromatic heterocycles. The van der Waals surface area contributed by atoms with Crippen LogP contribution in [-0.4, -0.2) is 18.0 Å². The highest BCUT2D eigenvalue weighted by Gasteiger charge is 2.16. The van der Waals surface area contributed by atoms with Crippen molar-refractivity contribution in [1.29, 1.82) is 0 Å². The van der Waals surface area contributed by atoms with Gasteiger partial charge >= 0.3 is 11.8 Å². The molecule has 0 radical (unpaired) electrons. The molecule has 0 heterocycles. The van der Waals surface area contributed by atoms with Crippen molar-refractivity contribution >= 4 is 18.0 Å². The van der Waals surface area contributed by atoms with Crippen LogP contribution in [0.4, 0.5) is 4.39 Å². The van der Waals surface area contributed by atoms with Crippen molar-refractivity contribution in [2.24, 2.45) is 5.10 Å². The highest BCUT2D eigenvalue weighted by Crippen LogP contribution is 2.10. The summed E-state index contributed by atoms with van der Waals surface area (Å²) in [5.74, 6) is -2.01. The molecule has 118 valence electrons. The number of nitrogens with one attached hydrogen (secondary N) is 2. The van der Waals surface area contributed by atoms with Crippen molar-refractivity contribution in [2.75, 3.05) is 0 Å². The molecule has 0 aliphatic carbocycles. The number of halogens is 1. The zero-order valence-electron chi connectivity index (χ0n) is 12.5. The van der Waals surface area contributed by atoms with Crippen LogP contribution < -0.4 is 10.7 Å². The van der Waals surface area contributed by atoms with Crippen molar-refractivity contribution < 1.29 is 14.0 Å². The van der Waals surface area contributed by atoms with Gasteiger partial charge in [0, 0.05) is 0 Å². The minimum atomic E-state index is -0.869. The average molecular weight is 313 g/mol. The maximum atomic E-state index is 12.7. The molecule has 6 heteroatoms. The van der Waals surface area contributed by atoms with E-state index in [-0.39, 0.29) is 11.9 Å². The molecule has 0 fully saturated rings. The van der Waals surface area contributed by atoms with E-state index in [1.54, 1.807) is 6.92 Å². The van der Waals surface area contributed by atoms with Gasteiger partial charge in [0.1, 0.15) is 5.82 Å². The molecule has 0 unspecified atom stereocenters. The zero-order valence-corrected chi connectivity index (χ0v) is 12.5. The number of carbonyl (C=O) groups is 2. The van der Waals surface area contributed by atoms with Gasteiger partial charge in [-0.15, -0.1) is 0 Å². The predicted molar refractivity (Wildman–Crippen MR) is 85.1 cm³/mol. The molecule has 2 rings (SSSR count). The lowest BCUT2D eigenvalue weighted by Gasteiger charge is -2.13. The van der Waals surface area contributed by atoms with Crippen LogP contribution in [0, 0.1) is 5.82 Å². The Bertz CT molecular complexity index is 700. The predicted octanol–water partition coefficient (Wildman–Crippen LogP) is 2.15. The molecule has 1 atom stereocenters. The summed E-state index contributed by atoms with van der Waals surface area (Å²) < 4.78 is 12.7. The maximum absolute atomic E-state index is 12.7. The Hall–Kier alpha value is -3.02. The summed E-state index contributed by atoms with van der Waals surface area (Å²) in [6.45, 7) is 1.78. The first-order valence-corrected chi connectivity index (χ1v) is 7.00. The molecule has 23 heavy (non-hydrogen) atoms. The molecule has 5 nitrogen and oxygen atoms in total. The summed E-state index contributed by atoms with van der Waals surface area (Å²) in [4.78, 5) is 23.4. The second kappa shape index (κ2) is 7.84. The Kier molecular flexibility index (Phi) is 5.57. The fraction of sp³-hybridized carbons (Fsp3) is 0.118. The average Bonchev–Trinajstić information content (AvgIpc) is 2.57. The lowest BCUT2D eigenvalue weighted by Crippen LogP contribution is -2.39. The highest BCUT2D eigenvalue weighted by molar-refractivity contribution is 6.35. The van der Waals surface area contributed by atoms with Crippen molar-refractivity contribution in [3.8, 4) is 0 Å². The van der Waals surface area contributed by atoms with Crippen LogP contribution >= 0.6 is 0 Å². The first kappa shape index (κ1) is 16.4. The van der Waals surface area contributed by atoms with E-state index >= 15 is 0 Å². The molecule has 2 amide bonds. The quantitative estimate of drug-likeness (QED) is 0.516. The van der Waals surface area contributed by atoms with E-state index in [2.05, 4.69) is 15.8 Å². The van der Waals surface area contributed by atoms with Gasteiger partial charge in [0.2, 0.25) is 0 Å². The number of hydrogen-bond donors (Lipinski definition) is 2. The molecule has 0 saturated heterocycles. The van der Waals surface area contributed by atoms with Crippen LogP contribution in [0.5, 0.6) is 0 Å². The third kappa shape index (κ3) is 5.03. The molecule has 2 aromatic carbocycles. The van der Waals surface area contributed by atoms with Gasteiger partial charge in [-0.2, -0.15) is 5.10 Å². The van der Waals surface area contributed by atoms with Crippen molar-refractivity contribution in [3.05, 3.63) is 71.5 Å². The summed E-state index contributed by atoms with van der Waals surface area (Å²) in [6.07, 6.45) is 1.32. The van der Waals surface area contributed by atoms with Crippen LogP contribution in [0.2, 0.25) is 0 Å². The van der Waals surface area contributed by atoms with Gasteiger partial charge in [-0.05, 0) is 30.2 Å². The van der Waals surface area contributed by atoms with Crippen LogP contribution in [-0.2, 0) is 9.59 Å². The first-order valence-electron chi connectivity index (χ1n) is 7.00.